The largest absolute Gasteiger partial charge is 0.339 e. The van der Waals surface area contributed by atoms with Crippen LogP contribution in [0.2, 0.25) is 5.02 Å². The zero-order chi connectivity index (χ0) is 15.6. The second-order valence-electron chi connectivity index (χ2n) is 4.72. The number of rotatable bonds is 2. The van der Waals surface area contributed by atoms with Crippen LogP contribution >= 0.6 is 11.6 Å². The Kier molecular flexibility index (Phi) is 4.42. The van der Waals surface area contributed by atoms with Crippen molar-refractivity contribution in [2.75, 3.05) is 26.2 Å². The van der Waals surface area contributed by atoms with E-state index in [-0.39, 0.29) is 28.1 Å². The molecule has 0 aromatic heterocycles. The van der Waals surface area contributed by atoms with Crippen molar-refractivity contribution in [3.05, 3.63) is 38.9 Å². The van der Waals surface area contributed by atoms with Crippen molar-refractivity contribution in [1.29, 1.82) is 0 Å². The van der Waals surface area contributed by atoms with Crippen LogP contribution in [0.25, 0.3) is 0 Å². The predicted octanol–water partition coefficient (Wildman–Crippen LogP) is 1.55. The number of nitro benzene ring substituents is 1. The Morgan fingerprint density at radius 3 is 2.29 bits per heavy atom. The van der Waals surface area contributed by atoms with Gasteiger partial charge in [0.25, 0.3) is 11.6 Å². The zero-order valence-corrected chi connectivity index (χ0v) is 12.2. The summed E-state index contributed by atoms with van der Waals surface area (Å²) in [4.78, 5) is 37.0. The molecule has 8 heteroatoms. The first-order valence-corrected chi connectivity index (χ1v) is 6.76. The van der Waals surface area contributed by atoms with Crippen LogP contribution < -0.4 is 0 Å². The fourth-order valence-electron chi connectivity index (χ4n) is 2.19. The van der Waals surface area contributed by atoms with Gasteiger partial charge in [-0.25, -0.2) is 0 Å². The first kappa shape index (κ1) is 15.2. The molecule has 0 radical (unpaired) electrons. The molecule has 0 bridgehead atoms. The highest BCUT2D eigenvalue weighted by atomic mass is 35.5. The van der Waals surface area contributed by atoms with E-state index in [9.17, 15) is 19.7 Å². The van der Waals surface area contributed by atoms with Crippen molar-refractivity contribution in [2.24, 2.45) is 0 Å². The average Bonchev–Trinajstić information content (AvgIpc) is 2.47. The Hall–Kier alpha value is -2.15. The summed E-state index contributed by atoms with van der Waals surface area (Å²) < 4.78 is 0. The lowest BCUT2D eigenvalue weighted by atomic mass is 10.1. The highest BCUT2D eigenvalue weighted by molar-refractivity contribution is 6.33. The highest BCUT2D eigenvalue weighted by Crippen LogP contribution is 2.23. The lowest BCUT2D eigenvalue weighted by Crippen LogP contribution is -2.50. The van der Waals surface area contributed by atoms with Crippen molar-refractivity contribution < 1.29 is 14.5 Å². The molecular formula is C13H14ClN3O4. The standard InChI is InChI=1S/C13H14ClN3O4/c1-9(18)15-4-6-16(7-5-15)13(19)11-8-10(17(20)21)2-3-12(11)14/h2-3,8H,4-7H2,1H3. The number of halogens is 1. The Bertz CT molecular complexity index is 597. The van der Waals surface area contributed by atoms with Gasteiger partial charge in [-0.15, -0.1) is 0 Å². The topological polar surface area (TPSA) is 83.8 Å². The Balaban J connectivity index is 2.16. The first-order chi connectivity index (χ1) is 9.90. The predicted molar refractivity (Wildman–Crippen MR) is 76.3 cm³/mol. The van der Waals surface area contributed by atoms with E-state index in [2.05, 4.69) is 0 Å². The summed E-state index contributed by atoms with van der Waals surface area (Å²) in [5.41, 5.74) is -0.0627. The van der Waals surface area contributed by atoms with Crippen molar-refractivity contribution in [1.82, 2.24) is 9.80 Å². The zero-order valence-electron chi connectivity index (χ0n) is 11.4. The maximum Gasteiger partial charge on any atom is 0.270 e. The third-order valence-electron chi connectivity index (χ3n) is 3.40. The van der Waals surface area contributed by atoms with Gasteiger partial charge < -0.3 is 9.80 Å². The summed E-state index contributed by atoms with van der Waals surface area (Å²) in [7, 11) is 0. The van der Waals surface area contributed by atoms with Gasteiger partial charge in [0, 0.05) is 45.2 Å². The summed E-state index contributed by atoms with van der Waals surface area (Å²) in [6.07, 6.45) is 0. The summed E-state index contributed by atoms with van der Waals surface area (Å²) in [5, 5.41) is 11.0. The van der Waals surface area contributed by atoms with E-state index < -0.39 is 4.92 Å². The van der Waals surface area contributed by atoms with Crippen LogP contribution in [0.4, 0.5) is 5.69 Å². The molecule has 1 aromatic rings. The summed E-state index contributed by atoms with van der Waals surface area (Å²) in [5.74, 6) is -0.387. The van der Waals surface area contributed by atoms with E-state index in [1.165, 1.54) is 25.1 Å². The van der Waals surface area contributed by atoms with Gasteiger partial charge in [-0.05, 0) is 6.07 Å². The van der Waals surface area contributed by atoms with Crippen LogP contribution in [0, 0.1) is 10.1 Å². The third-order valence-corrected chi connectivity index (χ3v) is 3.73. The fraction of sp³-hybridized carbons (Fsp3) is 0.385. The Labute approximate surface area is 126 Å². The molecule has 0 saturated carbocycles. The Morgan fingerprint density at radius 2 is 1.76 bits per heavy atom. The van der Waals surface area contributed by atoms with E-state index >= 15 is 0 Å². The second kappa shape index (κ2) is 6.09. The second-order valence-corrected chi connectivity index (χ2v) is 5.13. The minimum atomic E-state index is -0.569. The summed E-state index contributed by atoms with van der Waals surface area (Å²) >= 11 is 5.96. The van der Waals surface area contributed by atoms with Gasteiger partial charge in [-0.1, -0.05) is 11.6 Å². The first-order valence-electron chi connectivity index (χ1n) is 6.39. The minimum Gasteiger partial charge on any atom is -0.339 e. The molecular weight excluding hydrogens is 298 g/mol. The van der Waals surface area contributed by atoms with Gasteiger partial charge in [0.05, 0.1) is 15.5 Å². The molecule has 1 saturated heterocycles. The molecule has 21 heavy (non-hydrogen) atoms. The van der Waals surface area contributed by atoms with Crippen molar-refractivity contribution in [2.45, 2.75) is 6.92 Å². The molecule has 1 aliphatic rings. The molecule has 1 aromatic carbocycles. The lowest BCUT2D eigenvalue weighted by molar-refractivity contribution is -0.384. The number of nitro groups is 1. The monoisotopic (exact) mass is 311 g/mol. The van der Waals surface area contributed by atoms with E-state index in [1.807, 2.05) is 0 Å². The third kappa shape index (κ3) is 3.30. The molecule has 1 fully saturated rings. The van der Waals surface area contributed by atoms with Crippen molar-refractivity contribution in [3.8, 4) is 0 Å². The van der Waals surface area contributed by atoms with E-state index in [0.717, 1.165) is 0 Å². The number of nitrogens with zero attached hydrogens (tertiary/aromatic N) is 3. The molecule has 0 aliphatic carbocycles. The number of hydrogen-bond donors (Lipinski definition) is 0. The van der Waals surface area contributed by atoms with E-state index in [1.54, 1.807) is 9.80 Å². The molecule has 7 nitrogen and oxygen atoms in total. The number of carbonyl (C=O) groups excluding carboxylic acids is 2. The molecule has 0 unspecified atom stereocenters. The summed E-state index contributed by atoms with van der Waals surface area (Å²) in [6, 6.07) is 3.79. The van der Waals surface area contributed by atoms with Gasteiger partial charge in [-0.3, -0.25) is 19.7 Å². The number of hydrogen-bond acceptors (Lipinski definition) is 4. The summed E-state index contributed by atoms with van der Waals surface area (Å²) in [6.45, 7) is 3.16. The molecule has 0 atom stereocenters. The van der Waals surface area contributed by atoms with Gasteiger partial charge >= 0.3 is 0 Å². The molecule has 2 rings (SSSR count). The highest BCUT2D eigenvalue weighted by Gasteiger charge is 2.25. The number of amides is 2. The van der Waals surface area contributed by atoms with Crippen LogP contribution in [0.15, 0.2) is 18.2 Å². The SMILES string of the molecule is CC(=O)N1CCN(C(=O)c2cc([N+](=O)[O-])ccc2Cl)CC1. The van der Waals surface area contributed by atoms with Crippen molar-refractivity contribution in [3.63, 3.8) is 0 Å². The quantitative estimate of drug-likeness (QED) is 0.613. The molecule has 2 amide bonds. The number of benzene rings is 1. The van der Waals surface area contributed by atoms with Gasteiger partial charge in [0.1, 0.15) is 0 Å². The Morgan fingerprint density at radius 1 is 1.19 bits per heavy atom. The van der Waals surface area contributed by atoms with Crippen LogP contribution in [0.1, 0.15) is 17.3 Å². The lowest BCUT2D eigenvalue weighted by Gasteiger charge is -2.34. The molecule has 0 N–H and O–H groups in total. The fourth-order valence-corrected chi connectivity index (χ4v) is 2.38. The number of piperazine rings is 1. The van der Waals surface area contributed by atoms with Gasteiger partial charge in [-0.2, -0.15) is 0 Å². The number of non-ortho nitro benzene ring substituents is 1. The van der Waals surface area contributed by atoms with E-state index in [0.29, 0.717) is 26.2 Å². The van der Waals surface area contributed by atoms with Crippen LogP contribution in [-0.4, -0.2) is 52.7 Å². The average molecular weight is 312 g/mol. The molecule has 1 aliphatic heterocycles. The maximum atomic E-state index is 12.4. The van der Waals surface area contributed by atoms with Crippen LogP contribution in [0.3, 0.4) is 0 Å². The molecule has 112 valence electrons. The smallest absolute Gasteiger partial charge is 0.270 e. The van der Waals surface area contributed by atoms with Crippen LogP contribution in [0.5, 0.6) is 0 Å². The van der Waals surface area contributed by atoms with E-state index in [4.69, 9.17) is 11.6 Å². The maximum absolute atomic E-state index is 12.4. The van der Waals surface area contributed by atoms with Crippen molar-refractivity contribution >= 4 is 29.1 Å². The van der Waals surface area contributed by atoms with Gasteiger partial charge in [0.15, 0.2) is 0 Å². The minimum absolute atomic E-state index is 0.0320. The van der Waals surface area contributed by atoms with Gasteiger partial charge in [0.2, 0.25) is 5.91 Å². The molecule has 1 heterocycles. The van der Waals surface area contributed by atoms with Crippen LogP contribution in [-0.2, 0) is 4.79 Å². The molecule has 0 spiro atoms. The normalized spacial score (nSPS) is 15.0. The number of carbonyl (C=O) groups is 2.